The van der Waals surface area contributed by atoms with Crippen molar-refractivity contribution in [2.45, 2.75) is 50.9 Å². The average Bonchev–Trinajstić information content (AvgIpc) is 3.21. The molecular weight excluding hydrogens is 284 g/mol. The van der Waals surface area contributed by atoms with Gasteiger partial charge in [0.25, 0.3) is 6.43 Å². The third-order valence-electron chi connectivity index (χ3n) is 5.16. The lowest BCUT2D eigenvalue weighted by Crippen LogP contribution is -2.38. The van der Waals surface area contributed by atoms with Gasteiger partial charge in [-0.25, -0.2) is 8.78 Å². The maximum Gasteiger partial charge on any atom is 0.255 e. The fourth-order valence-electron chi connectivity index (χ4n) is 4.10. The number of rotatable bonds is 5. The molecule has 4 heteroatoms. The molecule has 2 nitrogen and oxygen atoms in total. The second-order valence-electron chi connectivity index (χ2n) is 6.60. The van der Waals surface area contributed by atoms with Gasteiger partial charge in [0.2, 0.25) is 5.91 Å². The van der Waals surface area contributed by atoms with E-state index in [1.807, 2.05) is 19.1 Å². The van der Waals surface area contributed by atoms with Crippen LogP contribution in [-0.4, -0.2) is 30.3 Å². The molecule has 0 aliphatic heterocycles. The van der Waals surface area contributed by atoms with Gasteiger partial charge in [-0.15, -0.1) is 0 Å². The van der Waals surface area contributed by atoms with Crippen LogP contribution in [0.2, 0.25) is 0 Å². The second-order valence-corrected chi connectivity index (χ2v) is 6.60. The van der Waals surface area contributed by atoms with Crippen molar-refractivity contribution in [1.29, 1.82) is 0 Å². The van der Waals surface area contributed by atoms with Crippen LogP contribution < -0.4 is 0 Å². The maximum absolute atomic E-state index is 12.7. The van der Waals surface area contributed by atoms with Crippen molar-refractivity contribution in [2.75, 3.05) is 13.1 Å². The highest BCUT2D eigenvalue weighted by molar-refractivity contribution is 5.85. The number of alkyl halides is 2. The topological polar surface area (TPSA) is 20.3 Å². The predicted molar refractivity (Wildman–Crippen MR) is 82.0 cm³/mol. The second kappa shape index (κ2) is 5.98. The van der Waals surface area contributed by atoms with Crippen LogP contribution in [0.25, 0.3) is 0 Å². The van der Waals surface area contributed by atoms with Crippen LogP contribution in [0.1, 0.15) is 43.7 Å². The van der Waals surface area contributed by atoms with Crippen molar-refractivity contribution in [3.63, 3.8) is 0 Å². The Morgan fingerprint density at radius 3 is 2.91 bits per heavy atom. The monoisotopic (exact) mass is 307 g/mol. The van der Waals surface area contributed by atoms with Gasteiger partial charge in [0.1, 0.15) is 0 Å². The summed E-state index contributed by atoms with van der Waals surface area (Å²) >= 11 is 0. The van der Waals surface area contributed by atoms with E-state index in [4.69, 9.17) is 0 Å². The Bertz CT molecular complexity index is 560. The summed E-state index contributed by atoms with van der Waals surface area (Å²) in [5.41, 5.74) is 2.55. The van der Waals surface area contributed by atoms with Crippen LogP contribution in [0.4, 0.5) is 8.78 Å². The van der Waals surface area contributed by atoms with E-state index in [1.165, 1.54) is 16.0 Å². The van der Waals surface area contributed by atoms with Gasteiger partial charge in [-0.2, -0.15) is 0 Å². The summed E-state index contributed by atoms with van der Waals surface area (Å²) in [7, 11) is 0. The molecule has 0 aromatic heterocycles. The van der Waals surface area contributed by atoms with Crippen molar-refractivity contribution in [1.82, 2.24) is 4.90 Å². The number of halogens is 2. The Labute approximate surface area is 130 Å². The van der Waals surface area contributed by atoms with Crippen molar-refractivity contribution in [3.8, 4) is 0 Å². The number of hydrogen-bond acceptors (Lipinski definition) is 1. The van der Waals surface area contributed by atoms with Crippen LogP contribution in [0.15, 0.2) is 24.3 Å². The molecule has 2 aliphatic rings. The molecule has 1 spiro atoms. The van der Waals surface area contributed by atoms with Gasteiger partial charge >= 0.3 is 0 Å². The highest BCUT2D eigenvalue weighted by Crippen LogP contribution is 2.60. The van der Waals surface area contributed by atoms with Crippen molar-refractivity contribution in [2.24, 2.45) is 5.92 Å². The third kappa shape index (κ3) is 2.64. The number of carbonyl (C=O) groups is 1. The summed E-state index contributed by atoms with van der Waals surface area (Å²) in [5.74, 6) is -0.168. The molecule has 0 N–H and O–H groups in total. The Hall–Kier alpha value is -1.45. The maximum atomic E-state index is 12.7. The largest absolute Gasteiger partial charge is 0.337 e. The van der Waals surface area contributed by atoms with Crippen molar-refractivity contribution < 1.29 is 13.6 Å². The Morgan fingerprint density at radius 2 is 2.18 bits per heavy atom. The first kappa shape index (κ1) is 15.4. The zero-order valence-corrected chi connectivity index (χ0v) is 13.0. The molecule has 0 heterocycles. The highest BCUT2D eigenvalue weighted by atomic mass is 19.3. The summed E-state index contributed by atoms with van der Waals surface area (Å²) in [6, 6.07) is 8.32. The number of fused-ring (bicyclic) bond motifs is 2. The van der Waals surface area contributed by atoms with Gasteiger partial charge in [0, 0.05) is 17.9 Å². The zero-order valence-electron chi connectivity index (χ0n) is 13.0. The Balaban J connectivity index is 1.80. The first-order chi connectivity index (χ1) is 10.6. The van der Waals surface area contributed by atoms with Gasteiger partial charge in [-0.1, -0.05) is 31.2 Å². The lowest BCUT2D eigenvalue weighted by atomic mass is 9.78. The molecule has 0 unspecified atom stereocenters. The molecule has 120 valence electrons. The molecule has 0 bridgehead atoms. The predicted octanol–water partition coefficient (Wildman–Crippen LogP) is 3.78. The Kier molecular flexibility index (Phi) is 4.20. The first-order valence-electron chi connectivity index (χ1n) is 8.24. The molecule has 0 radical (unpaired) electrons. The number of carbonyl (C=O) groups excluding carboxylic acids is 1. The normalized spacial score (nSPS) is 26.1. The quantitative estimate of drug-likeness (QED) is 0.810. The fraction of sp³-hybridized carbons (Fsp3) is 0.611. The van der Waals surface area contributed by atoms with Gasteiger partial charge in [-0.3, -0.25) is 4.79 Å². The minimum absolute atomic E-state index is 0.0694. The van der Waals surface area contributed by atoms with Gasteiger partial charge in [0.05, 0.1) is 6.54 Å². The summed E-state index contributed by atoms with van der Waals surface area (Å²) in [6.45, 7) is 1.92. The number of nitrogens with zero attached hydrogens (tertiary/aromatic N) is 1. The highest BCUT2D eigenvalue weighted by Gasteiger charge is 2.60. The van der Waals surface area contributed by atoms with E-state index in [1.54, 1.807) is 0 Å². The lowest BCUT2D eigenvalue weighted by Gasteiger charge is -2.28. The molecule has 2 atom stereocenters. The molecule has 22 heavy (non-hydrogen) atoms. The summed E-state index contributed by atoms with van der Waals surface area (Å²) in [4.78, 5) is 14.1. The van der Waals surface area contributed by atoms with Crippen molar-refractivity contribution >= 4 is 5.91 Å². The third-order valence-corrected chi connectivity index (χ3v) is 5.16. The van der Waals surface area contributed by atoms with Gasteiger partial charge in [-0.05, 0) is 43.2 Å². The molecular formula is C18H23F2NO. The molecule has 0 saturated heterocycles. The lowest BCUT2D eigenvalue weighted by molar-refractivity contribution is -0.135. The van der Waals surface area contributed by atoms with Crippen LogP contribution in [-0.2, 0) is 16.6 Å². The van der Waals surface area contributed by atoms with E-state index in [9.17, 15) is 13.6 Å². The molecule has 1 aromatic carbocycles. The molecule has 2 aliphatic carbocycles. The zero-order chi connectivity index (χ0) is 15.7. The smallest absolute Gasteiger partial charge is 0.255 e. The summed E-state index contributed by atoms with van der Waals surface area (Å²) in [6.07, 6.45) is 2.25. The van der Waals surface area contributed by atoms with Crippen LogP contribution in [0.5, 0.6) is 0 Å². The van der Waals surface area contributed by atoms with E-state index in [2.05, 4.69) is 12.1 Å². The fourth-order valence-corrected chi connectivity index (χ4v) is 4.10. The standard InChI is InChI=1S/C18H23F2NO/c1-2-10-21(12-16(19)20)17(22)15-11-18(15)9-5-7-13-6-3-4-8-14(13)18/h3-4,6,8,15-16H,2,5,7,9-12H2,1H3/t15-,18+/m0/s1. The summed E-state index contributed by atoms with van der Waals surface area (Å²) < 4.78 is 25.5. The van der Waals surface area contributed by atoms with Gasteiger partial charge < -0.3 is 4.90 Å². The molecule has 1 aromatic rings. The minimum Gasteiger partial charge on any atom is -0.337 e. The molecule has 3 rings (SSSR count). The van der Waals surface area contributed by atoms with Gasteiger partial charge in [0.15, 0.2) is 0 Å². The van der Waals surface area contributed by atoms with E-state index in [0.29, 0.717) is 6.54 Å². The van der Waals surface area contributed by atoms with E-state index in [0.717, 1.165) is 32.1 Å². The number of benzene rings is 1. The SMILES string of the molecule is CCCN(CC(F)F)C(=O)[C@@H]1C[C@@]12CCCc1ccccc12. The number of aryl methyl sites for hydroxylation is 1. The summed E-state index contributed by atoms with van der Waals surface area (Å²) in [5, 5.41) is 0. The van der Waals surface area contributed by atoms with E-state index >= 15 is 0 Å². The molecule has 1 saturated carbocycles. The first-order valence-corrected chi connectivity index (χ1v) is 8.24. The van der Waals surface area contributed by atoms with E-state index < -0.39 is 13.0 Å². The number of amides is 1. The van der Waals surface area contributed by atoms with Crippen LogP contribution in [0, 0.1) is 5.92 Å². The van der Waals surface area contributed by atoms with Crippen molar-refractivity contribution in [3.05, 3.63) is 35.4 Å². The van der Waals surface area contributed by atoms with E-state index in [-0.39, 0.29) is 17.2 Å². The molecule has 1 fully saturated rings. The Morgan fingerprint density at radius 1 is 1.41 bits per heavy atom. The minimum atomic E-state index is -2.45. The van der Waals surface area contributed by atoms with Crippen LogP contribution >= 0.6 is 0 Å². The average molecular weight is 307 g/mol. The molecule has 1 amide bonds. The van der Waals surface area contributed by atoms with Crippen LogP contribution in [0.3, 0.4) is 0 Å². The number of hydrogen-bond donors (Lipinski definition) is 0.